The molecule has 1 saturated carbocycles. The molecule has 0 radical (unpaired) electrons. The highest BCUT2D eigenvalue weighted by Gasteiger charge is 2.40. The van der Waals surface area contributed by atoms with Crippen molar-refractivity contribution in [3.8, 4) is 0 Å². The normalized spacial score (nSPS) is 23.0. The number of ether oxygens (including phenoxy) is 1. The van der Waals surface area contributed by atoms with Crippen molar-refractivity contribution in [2.24, 2.45) is 17.8 Å². The van der Waals surface area contributed by atoms with Gasteiger partial charge in [-0.2, -0.15) is 0 Å². The number of amides is 1. The monoisotopic (exact) mass is 347 g/mol. The second kappa shape index (κ2) is 7.16. The summed E-state index contributed by atoms with van der Waals surface area (Å²) in [6.45, 7) is 0.247. The third-order valence-corrected chi connectivity index (χ3v) is 5.21. The van der Waals surface area contributed by atoms with Crippen LogP contribution in [0, 0.1) is 17.8 Å². The topological polar surface area (TPSA) is 55.4 Å². The van der Waals surface area contributed by atoms with Crippen LogP contribution >= 0.6 is 0 Å². The number of carbonyl (C=O) groups is 2. The highest BCUT2D eigenvalue weighted by Crippen LogP contribution is 2.43. The highest BCUT2D eigenvalue weighted by atomic mass is 16.5. The number of allylic oxidation sites excluding steroid dienone is 2. The molecule has 0 saturated heterocycles. The van der Waals surface area contributed by atoms with Gasteiger partial charge >= 0.3 is 5.97 Å². The van der Waals surface area contributed by atoms with E-state index in [4.69, 9.17) is 4.74 Å². The van der Waals surface area contributed by atoms with Gasteiger partial charge < -0.3 is 10.1 Å². The summed E-state index contributed by atoms with van der Waals surface area (Å²) < 4.78 is 5.49. The average Bonchev–Trinajstić information content (AvgIpc) is 3.31. The van der Waals surface area contributed by atoms with Gasteiger partial charge in [-0.25, -0.2) is 0 Å². The first-order chi connectivity index (χ1) is 12.7. The second-order valence-electron chi connectivity index (χ2n) is 7.01. The van der Waals surface area contributed by atoms with E-state index in [1.807, 2.05) is 42.5 Å². The molecule has 0 heterocycles. The molecule has 1 fully saturated rings. The van der Waals surface area contributed by atoms with E-state index in [0.29, 0.717) is 17.4 Å². The Balaban J connectivity index is 1.31. The predicted molar refractivity (Wildman–Crippen MR) is 99.5 cm³/mol. The standard InChI is InChI=1S/C22H21NO3/c24-21(23-19-4-2-1-3-5-19)17-9-6-15(7-10-17)14-26-22(25)20-13-16-8-11-18(20)12-16/h1-11,16,18,20H,12-14H2,(H,23,24). The number of nitrogens with one attached hydrogen (secondary N) is 1. The molecule has 3 unspecified atom stereocenters. The molecule has 2 aliphatic carbocycles. The molecular weight excluding hydrogens is 326 g/mol. The van der Waals surface area contributed by atoms with Crippen molar-refractivity contribution in [2.75, 3.05) is 5.32 Å². The van der Waals surface area contributed by atoms with Crippen LogP contribution in [0.3, 0.4) is 0 Å². The van der Waals surface area contributed by atoms with Gasteiger partial charge in [0.05, 0.1) is 5.92 Å². The van der Waals surface area contributed by atoms with E-state index < -0.39 is 0 Å². The number of carbonyl (C=O) groups excluding carboxylic acids is 2. The number of esters is 1. The Bertz CT molecular complexity index is 826. The Morgan fingerprint density at radius 2 is 1.73 bits per heavy atom. The van der Waals surface area contributed by atoms with Crippen molar-refractivity contribution in [3.63, 3.8) is 0 Å². The van der Waals surface area contributed by atoms with Gasteiger partial charge in [0.25, 0.3) is 5.91 Å². The van der Waals surface area contributed by atoms with E-state index in [1.165, 1.54) is 0 Å². The summed E-state index contributed by atoms with van der Waals surface area (Å²) in [5.41, 5.74) is 2.21. The zero-order chi connectivity index (χ0) is 17.9. The van der Waals surface area contributed by atoms with Gasteiger partial charge in [0.15, 0.2) is 0 Å². The van der Waals surface area contributed by atoms with Crippen molar-refractivity contribution in [1.29, 1.82) is 0 Å². The maximum Gasteiger partial charge on any atom is 0.309 e. The summed E-state index contributed by atoms with van der Waals surface area (Å²) in [5.74, 6) is 0.665. The fraction of sp³-hybridized carbons (Fsp3) is 0.273. The van der Waals surface area contributed by atoms with Crippen LogP contribution < -0.4 is 5.32 Å². The lowest BCUT2D eigenvalue weighted by Gasteiger charge is -2.16. The Morgan fingerprint density at radius 3 is 2.38 bits per heavy atom. The van der Waals surface area contributed by atoms with Crippen LogP contribution in [0.15, 0.2) is 66.7 Å². The minimum atomic E-state index is -0.159. The van der Waals surface area contributed by atoms with E-state index in [2.05, 4.69) is 17.5 Å². The summed E-state index contributed by atoms with van der Waals surface area (Å²) in [6.07, 6.45) is 6.37. The SMILES string of the molecule is O=C(Nc1ccccc1)c1ccc(COC(=O)C2CC3C=CC2C3)cc1. The van der Waals surface area contributed by atoms with Crippen molar-refractivity contribution in [2.45, 2.75) is 19.4 Å². The third kappa shape index (κ3) is 3.54. The molecule has 2 aliphatic rings. The Morgan fingerprint density at radius 1 is 0.962 bits per heavy atom. The summed E-state index contributed by atoms with van der Waals surface area (Å²) in [7, 11) is 0. The summed E-state index contributed by atoms with van der Waals surface area (Å²) in [5, 5.41) is 2.85. The number of benzene rings is 2. The van der Waals surface area contributed by atoms with Crippen molar-refractivity contribution < 1.29 is 14.3 Å². The maximum absolute atomic E-state index is 12.3. The molecule has 1 N–H and O–H groups in total. The molecule has 0 aliphatic heterocycles. The minimum Gasteiger partial charge on any atom is -0.461 e. The van der Waals surface area contributed by atoms with E-state index >= 15 is 0 Å². The molecular formula is C22H21NO3. The minimum absolute atomic E-state index is 0.0147. The van der Waals surface area contributed by atoms with Crippen LogP contribution in [-0.2, 0) is 16.1 Å². The zero-order valence-corrected chi connectivity index (χ0v) is 14.4. The van der Waals surface area contributed by atoms with E-state index in [1.54, 1.807) is 12.1 Å². The fourth-order valence-corrected chi connectivity index (χ4v) is 3.79. The van der Waals surface area contributed by atoms with Gasteiger partial charge in [0, 0.05) is 11.3 Å². The molecule has 1 amide bonds. The molecule has 4 rings (SSSR count). The third-order valence-electron chi connectivity index (χ3n) is 5.21. The predicted octanol–water partition coefficient (Wildman–Crippen LogP) is 4.19. The molecule has 3 atom stereocenters. The Hall–Kier alpha value is -2.88. The number of hydrogen-bond acceptors (Lipinski definition) is 3. The van der Waals surface area contributed by atoms with Crippen LogP contribution in [-0.4, -0.2) is 11.9 Å². The summed E-state index contributed by atoms with van der Waals surface area (Å²) in [6, 6.07) is 16.5. The van der Waals surface area contributed by atoms with Gasteiger partial charge in [-0.05, 0) is 54.5 Å². The highest BCUT2D eigenvalue weighted by molar-refractivity contribution is 6.04. The van der Waals surface area contributed by atoms with E-state index in [9.17, 15) is 9.59 Å². The van der Waals surface area contributed by atoms with Crippen LogP contribution in [0.4, 0.5) is 5.69 Å². The lowest BCUT2D eigenvalue weighted by Crippen LogP contribution is -2.21. The molecule has 26 heavy (non-hydrogen) atoms. The first-order valence-corrected chi connectivity index (χ1v) is 8.99. The van der Waals surface area contributed by atoms with Gasteiger partial charge in [-0.1, -0.05) is 42.5 Å². The molecule has 0 aromatic heterocycles. The molecule has 2 aromatic rings. The number of anilines is 1. The van der Waals surface area contributed by atoms with Crippen LogP contribution in [0.5, 0.6) is 0 Å². The number of rotatable bonds is 5. The molecule has 132 valence electrons. The largest absolute Gasteiger partial charge is 0.461 e. The quantitative estimate of drug-likeness (QED) is 0.652. The first-order valence-electron chi connectivity index (χ1n) is 8.99. The summed E-state index contributed by atoms with van der Waals surface area (Å²) in [4.78, 5) is 24.5. The van der Waals surface area contributed by atoms with Crippen molar-refractivity contribution >= 4 is 17.6 Å². The van der Waals surface area contributed by atoms with E-state index in [0.717, 1.165) is 24.1 Å². The zero-order valence-electron chi connectivity index (χ0n) is 14.4. The van der Waals surface area contributed by atoms with Crippen LogP contribution in [0.1, 0.15) is 28.8 Å². The lowest BCUT2D eigenvalue weighted by atomic mass is 9.94. The van der Waals surface area contributed by atoms with Crippen LogP contribution in [0.25, 0.3) is 0 Å². The lowest BCUT2D eigenvalue weighted by molar-refractivity contribution is -0.150. The number of hydrogen-bond donors (Lipinski definition) is 1. The summed E-state index contributed by atoms with van der Waals surface area (Å²) >= 11 is 0. The molecule has 2 aromatic carbocycles. The van der Waals surface area contributed by atoms with Gasteiger partial charge in [-0.15, -0.1) is 0 Å². The van der Waals surface area contributed by atoms with Crippen molar-refractivity contribution in [3.05, 3.63) is 77.9 Å². The number of fused-ring (bicyclic) bond motifs is 2. The molecule has 2 bridgehead atoms. The average molecular weight is 347 g/mol. The smallest absolute Gasteiger partial charge is 0.309 e. The van der Waals surface area contributed by atoms with Crippen LogP contribution in [0.2, 0.25) is 0 Å². The fourth-order valence-electron chi connectivity index (χ4n) is 3.79. The molecule has 0 spiro atoms. The van der Waals surface area contributed by atoms with Gasteiger partial charge in [0.2, 0.25) is 0 Å². The molecule has 4 nitrogen and oxygen atoms in total. The van der Waals surface area contributed by atoms with Crippen molar-refractivity contribution in [1.82, 2.24) is 0 Å². The second-order valence-corrected chi connectivity index (χ2v) is 7.01. The Labute approximate surface area is 152 Å². The van der Waals surface area contributed by atoms with E-state index in [-0.39, 0.29) is 24.4 Å². The van der Waals surface area contributed by atoms with Gasteiger partial charge in [0.1, 0.15) is 6.61 Å². The first kappa shape index (κ1) is 16.6. The Kier molecular flexibility index (Phi) is 4.57. The van der Waals surface area contributed by atoms with Gasteiger partial charge in [-0.3, -0.25) is 9.59 Å². The molecule has 4 heteroatoms. The number of para-hydroxylation sites is 1. The maximum atomic E-state index is 12.3.